The van der Waals surface area contributed by atoms with Crippen LogP contribution in [0.15, 0.2) is 0 Å². The summed E-state index contributed by atoms with van der Waals surface area (Å²) < 4.78 is 4.32. The molecule has 0 aliphatic heterocycles. The van der Waals surface area contributed by atoms with Crippen molar-refractivity contribution in [2.45, 2.75) is 26.7 Å². The van der Waals surface area contributed by atoms with E-state index in [1.807, 2.05) is 6.92 Å². The van der Waals surface area contributed by atoms with Crippen LogP contribution in [0.2, 0.25) is 0 Å². The van der Waals surface area contributed by atoms with Gasteiger partial charge < -0.3 is 9.84 Å². The third kappa shape index (κ3) is 4.90. The maximum absolute atomic E-state index is 11.9. The van der Waals surface area contributed by atoms with Crippen molar-refractivity contribution in [2.75, 3.05) is 19.7 Å². The predicted molar refractivity (Wildman–Crippen MR) is 66.2 cm³/mol. The van der Waals surface area contributed by atoms with E-state index in [9.17, 15) is 9.59 Å². The average Bonchev–Trinajstić information content (AvgIpc) is 2.32. The molecular formula is C13H18NO4+. The summed E-state index contributed by atoms with van der Waals surface area (Å²) in [5, 5.41) is 8.92. The van der Waals surface area contributed by atoms with Crippen LogP contribution in [0.25, 0.3) is 0 Å². The number of nitrogens with zero attached hydrogens (tertiary/aromatic N) is 1. The summed E-state index contributed by atoms with van der Waals surface area (Å²) >= 11 is 0. The Bertz CT molecular complexity index is 399. The van der Waals surface area contributed by atoms with E-state index in [0.29, 0.717) is 6.42 Å². The van der Waals surface area contributed by atoms with Crippen molar-refractivity contribution in [3.05, 3.63) is 0 Å². The number of rotatable bonds is 6. The summed E-state index contributed by atoms with van der Waals surface area (Å²) in [6.07, 6.45) is 5.84. The number of carbonyl (C=O) groups excluding carboxylic acids is 1. The molecule has 0 aromatic carbocycles. The van der Waals surface area contributed by atoms with Gasteiger partial charge in [0, 0.05) is 5.92 Å². The molecule has 0 radical (unpaired) electrons. The van der Waals surface area contributed by atoms with E-state index >= 15 is 0 Å². The molecule has 1 N–H and O–H groups in total. The molecule has 5 heteroatoms. The number of quaternary nitrogens is 1. The molecule has 0 aromatic heterocycles. The molecule has 1 atom stereocenters. The molecule has 1 unspecified atom stereocenters. The molecule has 5 nitrogen and oxygen atoms in total. The fourth-order valence-corrected chi connectivity index (χ4v) is 1.42. The fourth-order valence-electron chi connectivity index (χ4n) is 1.42. The first-order valence-electron chi connectivity index (χ1n) is 5.76. The van der Waals surface area contributed by atoms with Crippen LogP contribution in [-0.4, -0.2) is 41.3 Å². The van der Waals surface area contributed by atoms with Crippen LogP contribution in [0, 0.1) is 24.3 Å². The molecule has 0 spiro atoms. The van der Waals surface area contributed by atoms with Crippen LogP contribution in [0.1, 0.15) is 26.7 Å². The number of hydrogen-bond acceptors (Lipinski definition) is 3. The smallest absolute Gasteiger partial charge is 0.477 e. The zero-order chi connectivity index (χ0) is 14.0. The number of carboxylic acids is 1. The van der Waals surface area contributed by atoms with Gasteiger partial charge in [-0.15, -0.1) is 10.9 Å². The summed E-state index contributed by atoms with van der Waals surface area (Å²) in [6, 6.07) is 2.53. The molecule has 0 bridgehead atoms. The summed E-state index contributed by atoms with van der Waals surface area (Å²) in [6.45, 7) is 3.59. The Morgan fingerprint density at radius 2 is 2.06 bits per heavy atom. The molecule has 98 valence electrons. The van der Waals surface area contributed by atoms with E-state index in [0.717, 1.165) is 6.42 Å². The van der Waals surface area contributed by atoms with Gasteiger partial charge in [0.1, 0.15) is 6.54 Å². The van der Waals surface area contributed by atoms with Crippen LogP contribution in [0.5, 0.6) is 0 Å². The maximum Gasteiger partial charge on any atom is 0.529 e. The van der Waals surface area contributed by atoms with Gasteiger partial charge in [-0.1, -0.05) is 13.3 Å². The Hall–Kier alpha value is -1.98. The monoisotopic (exact) mass is 252 g/mol. The van der Waals surface area contributed by atoms with E-state index in [1.54, 1.807) is 6.92 Å². The SMILES string of the molecule is C#CC#C[N+](CCCC)(CC(=O)O)C(=O)OCC. The fraction of sp³-hybridized carbons (Fsp3) is 0.538. The Balaban J connectivity index is 5.31. The lowest BCUT2D eigenvalue weighted by atomic mass is 10.3. The largest absolute Gasteiger partial charge is 0.529 e. The molecule has 1 amide bonds. The van der Waals surface area contributed by atoms with E-state index < -0.39 is 23.1 Å². The number of amides is 1. The second kappa shape index (κ2) is 8.16. The first kappa shape index (κ1) is 16.0. The van der Waals surface area contributed by atoms with Crippen LogP contribution in [0.3, 0.4) is 0 Å². The van der Waals surface area contributed by atoms with Gasteiger partial charge in [-0.2, -0.15) is 4.79 Å². The number of ether oxygens (including phenoxy) is 1. The quantitative estimate of drug-likeness (QED) is 0.574. The second-order valence-electron chi connectivity index (χ2n) is 3.68. The number of aliphatic carboxylic acids is 1. The topological polar surface area (TPSA) is 63.6 Å². The van der Waals surface area contributed by atoms with Crippen molar-refractivity contribution < 1.29 is 23.9 Å². The van der Waals surface area contributed by atoms with Crippen molar-refractivity contribution in [3.63, 3.8) is 0 Å². The Kier molecular flexibility index (Phi) is 7.26. The standard InChI is InChI=1S/C13H17NO4/c1-4-7-9-14(10-8-5-2,11-12(15)16)13(17)18-6-3/h1H,5-6,8,10-11H2,2-3H3/p+1. The normalized spacial score (nSPS) is 12.5. The summed E-state index contributed by atoms with van der Waals surface area (Å²) in [5.41, 5.74) is 0. The molecule has 0 saturated heterocycles. The Morgan fingerprint density at radius 3 is 2.50 bits per heavy atom. The number of hydrogen-bond donors (Lipinski definition) is 1. The van der Waals surface area contributed by atoms with E-state index in [1.165, 1.54) is 0 Å². The second-order valence-corrected chi connectivity index (χ2v) is 3.68. The summed E-state index contributed by atoms with van der Waals surface area (Å²) in [5.74, 6) is 3.30. The number of carbonyl (C=O) groups is 2. The third-order valence-electron chi connectivity index (χ3n) is 2.26. The highest BCUT2D eigenvalue weighted by atomic mass is 16.6. The molecule has 18 heavy (non-hydrogen) atoms. The van der Waals surface area contributed by atoms with Crippen LogP contribution in [0.4, 0.5) is 4.79 Å². The molecule has 0 aliphatic rings. The lowest BCUT2D eigenvalue weighted by Crippen LogP contribution is -2.52. The molecule has 0 aromatic rings. The predicted octanol–water partition coefficient (Wildman–Crippen LogP) is 1.44. The van der Waals surface area contributed by atoms with E-state index in [4.69, 9.17) is 16.3 Å². The van der Waals surface area contributed by atoms with Crippen molar-refractivity contribution in [1.82, 2.24) is 0 Å². The average molecular weight is 252 g/mol. The van der Waals surface area contributed by atoms with Crippen LogP contribution < -0.4 is 0 Å². The van der Waals surface area contributed by atoms with Gasteiger partial charge in [0.15, 0.2) is 12.6 Å². The highest BCUT2D eigenvalue weighted by molar-refractivity contribution is 5.72. The molecule has 0 fully saturated rings. The van der Waals surface area contributed by atoms with Gasteiger partial charge in [0.25, 0.3) is 0 Å². The number of terminal acetylenes is 1. The maximum atomic E-state index is 11.9. The highest BCUT2D eigenvalue weighted by Crippen LogP contribution is 2.11. The molecular weight excluding hydrogens is 234 g/mol. The minimum atomic E-state index is -1.12. The highest BCUT2D eigenvalue weighted by Gasteiger charge is 2.40. The lowest BCUT2D eigenvalue weighted by molar-refractivity contribution is -0.782. The molecule has 0 heterocycles. The minimum absolute atomic E-state index is 0.169. The van der Waals surface area contributed by atoms with Gasteiger partial charge in [-0.05, 0) is 19.3 Å². The van der Waals surface area contributed by atoms with Crippen molar-refractivity contribution in [3.8, 4) is 24.3 Å². The lowest BCUT2D eigenvalue weighted by Gasteiger charge is -2.25. The molecule has 0 saturated carbocycles. The van der Waals surface area contributed by atoms with Gasteiger partial charge in [0.2, 0.25) is 0 Å². The van der Waals surface area contributed by atoms with Crippen molar-refractivity contribution >= 4 is 12.1 Å². The van der Waals surface area contributed by atoms with Crippen molar-refractivity contribution in [1.29, 1.82) is 0 Å². The molecule has 0 rings (SSSR count). The van der Waals surface area contributed by atoms with E-state index in [-0.39, 0.29) is 13.2 Å². The zero-order valence-electron chi connectivity index (χ0n) is 10.7. The first-order valence-corrected chi connectivity index (χ1v) is 5.76. The third-order valence-corrected chi connectivity index (χ3v) is 2.26. The minimum Gasteiger partial charge on any atom is -0.477 e. The first-order chi connectivity index (χ1) is 8.52. The summed E-state index contributed by atoms with van der Waals surface area (Å²) in [4.78, 5) is 22.8. The van der Waals surface area contributed by atoms with E-state index in [2.05, 4.69) is 17.9 Å². The van der Waals surface area contributed by atoms with Gasteiger partial charge in [-0.25, -0.2) is 4.79 Å². The van der Waals surface area contributed by atoms with Crippen molar-refractivity contribution in [2.24, 2.45) is 0 Å². The molecule has 0 aliphatic carbocycles. The number of carboxylic acid groups (broad SMARTS) is 1. The number of unbranched alkanes of at least 4 members (excludes halogenated alkanes) is 1. The Morgan fingerprint density at radius 1 is 1.39 bits per heavy atom. The van der Waals surface area contributed by atoms with Gasteiger partial charge >= 0.3 is 12.1 Å². The summed E-state index contributed by atoms with van der Waals surface area (Å²) in [7, 11) is 0. The van der Waals surface area contributed by atoms with Gasteiger partial charge in [0.05, 0.1) is 6.61 Å². The van der Waals surface area contributed by atoms with Crippen LogP contribution >= 0.6 is 0 Å². The van der Waals surface area contributed by atoms with Crippen LogP contribution in [-0.2, 0) is 9.53 Å². The zero-order valence-corrected chi connectivity index (χ0v) is 10.7. The van der Waals surface area contributed by atoms with Gasteiger partial charge in [-0.3, -0.25) is 0 Å². The Labute approximate surface area is 107 Å².